The Morgan fingerprint density at radius 1 is 1.57 bits per heavy atom. The van der Waals surface area contributed by atoms with Crippen LogP contribution in [0, 0.1) is 18.3 Å². The highest BCUT2D eigenvalue weighted by Gasteiger charge is 2.20. The van der Waals surface area contributed by atoms with Crippen molar-refractivity contribution >= 4 is 39.8 Å². The Labute approximate surface area is 131 Å². The number of carbonyl (C=O) groups is 1. The van der Waals surface area contributed by atoms with E-state index in [1.165, 1.54) is 0 Å². The molecule has 0 aliphatic rings. The molecule has 1 aromatic heterocycles. The van der Waals surface area contributed by atoms with Gasteiger partial charge in [0.15, 0.2) is 0 Å². The minimum absolute atomic E-state index is 0.290. The third kappa shape index (κ3) is 3.32. The van der Waals surface area contributed by atoms with E-state index in [2.05, 4.69) is 9.69 Å². The molecule has 1 N–H and O–H groups in total. The van der Waals surface area contributed by atoms with Gasteiger partial charge in [-0.3, -0.25) is 0 Å². The Morgan fingerprint density at radius 3 is 3.00 bits per heavy atom. The molecule has 0 bridgehead atoms. The second-order valence-electron chi connectivity index (χ2n) is 4.12. The fourth-order valence-electron chi connectivity index (χ4n) is 1.71. The van der Waals surface area contributed by atoms with Crippen LogP contribution in [0.2, 0.25) is 5.02 Å². The van der Waals surface area contributed by atoms with E-state index in [-0.39, 0.29) is 6.61 Å². The Morgan fingerprint density at radius 2 is 2.33 bits per heavy atom. The van der Waals surface area contributed by atoms with Gasteiger partial charge in [0.2, 0.25) is 0 Å². The first-order valence-electron chi connectivity index (χ1n) is 6.16. The summed E-state index contributed by atoms with van der Waals surface area (Å²) in [5, 5.41) is 13.0. The van der Waals surface area contributed by atoms with Crippen molar-refractivity contribution in [2.24, 2.45) is 0 Å². The van der Waals surface area contributed by atoms with Crippen LogP contribution in [-0.4, -0.2) is 16.9 Å². The summed E-state index contributed by atoms with van der Waals surface area (Å²) in [7, 11) is 0. The molecule has 108 valence electrons. The number of aromatic nitrogens is 1. The lowest BCUT2D eigenvalue weighted by Gasteiger charge is -2.09. The molecule has 2 aromatic rings. The topological polar surface area (TPSA) is 75.0 Å². The van der Waals surface area contributed by atoms with Crippen molar-refractivity contribution < 1.29 is 9.53 Å². The van der Waals surface area contributed by atoms with Gasteiger partial charge >= 0.3 is 5.97 Å². The Bertz CT molecular complexity index is 721. The number of benzene rings is 1. The SMILES string of the molecule is CCOC(=O)c1c(C)nsc1Nc1cc(C#N)ccc1Cl. The Kier molecular flexibility index (Phi) is 4.78. The van der Waals surface area contributed by atoms with E-state index in [9.17, 15) is 4.79 Å². The van der Waals surface area contributed by atoms with Gasteiger partial charge in [0.25, 0.3) is 0 Å². The molecule has 0 aliphatic carbocycles. The van der Waals surface area contributed by atoms with E-state index in [1.807, 2.05) is 6.07 Å². The lowest BCUT2D eigenvalue weighted by Crippen LogP contribution is -2.07. The number of hydrogen-bond acceptors (Lipinski definition) is 6. The Balaban J connectivity index is 2.37. The van der Waals surface area contributed by atoms with Crippen LogP contribution in [0.25, 0.3) is 0 Å². The molecule has 1 heterocycles. The summed E-state index contributed by atoms with van der Waals surface area (Å²) >= 11 is 7.24. The van der Waals surface area contributed by atoms with Gasteiger partial charge in [0, 0.05) is 0 Å². The minimum Gasteiger partial charge on any atom is -0.462 e. The molecule has 0 aliphatic heterocycles. The zero-order chi connectivity index (χ0) is 15.4. The lowest BCUT2D eigenvalue weighted by molar-refractivity contribution is 0.0527. The number of hydrogen-bond donors (Lipinski definition) is 1. The number of halogens is 1. The van der Waals surface area contributed by atoms with Gasteiger partial charge in [-0.1, -0.05) is 11.6 Å². The van der Waals surface area contributed by atoms with Crippen LogP contribution < -0.4 is 5.32 Å². The van der Waals surface area contributed by atoms with Crippen LogP contribution in [0.3, 0.4) is 0 Å². The number of nitrogens with one attached hydrogen (secondary N) is 1. The maximum atomic E-state index is 12.0. The van der Waals surface area contributed by atoms with Crippen LogP contribution in [0.1, 0.15) is 28.5 Å². The van der Waals surface area contributed by atoms with E-state index in [0.717, 1.165) is 11.5 Å². The van der Waals surface area contributed by atoms with Crippen molar-refractivity contribution in [2.75, 3.05) is 11.9 Å². The quantitative estimate of drug-likeness (QED) is 0.864. The molecule has 0 spiro atoms. The highest BCUT2D eigenvalue weighted by atomic mass is 35.5. The van der Waals surface area contributed by atoms with Crippen LogP contribution in [-0.2, 0) is 4.74 Å². The molecule has 7 heteroatoms. The zero-order valence-electron chi connectivity index (χ0n) is 11.4. The molecule has 0 saturated heterocycles. The molecule has 0 radical (unpaired) electrons. The van der Waals surface area contributed by atoms with Gasteiger partial charge in [-0.2, -0.15) is 9.64 Å². The van der Waals surface area contributed by atoms with Gasteiger partial charge in [-0.15, -0.1) is 0 Å². The zero-order valence-corrected chi connectivity index (χ0v) is 13.0. The van der Waals surface area contributed by atoms with Gasteiger partial charge in [-0.05, 0) is 43.6 Å². The van der Waals surface area contributed by atoms with Crippen LogP contribution in [0.15, 0.2) is 18.2 Å². The first-order valence-corrected chi connectivity index (χ1v) is 7.32. The van der Waals surface area contributed by atoms with Crippen molar-refractivity contribution in [2.45, 2.75) is 13.8 Å². The third-order valence-corrected chi connectivity index (χ3v) is 3.87. The number of ether oxygens (including phenoxy) is 1. The molecule has 1 aromatic carbocycles. The molecule has 21 heavy (non-hydrogen) atoms. The first kappa shape index (κ1) is 15.3. The summed E-state index contributed by atoms with van der Waals surface area (Å²) < 4.78 is 9.18. The third-order valence-electron chi connectivity index (χ3n) is 2.69. The summed E-state index contributed by atoms with van der Waals surface area (Å²) in [5.74, 6) is -0.432. The molecule has 0 unspecified atom stereocenters. The molecule has 0 fully saturated rings. The lowest BCUT2D eigenvalue weighted by atomic mass is 10.2. The molecular weight excluding hydrogens is 310 g/mol. The van der Waals surface area contributed by atoms with E-state index in [0.29, 0.717) is 32.5 Å². The van der Waals surface area contributed by atoms with Crippen molar-refractivity contribution in [1.82, 2.24) is 4.37 Å². The standard InChI is InChI=1S/C14H12ClN3O2S/c1-3-20-14(19)12-8(2)18-21-13(12)17-11-6-9(7-16)4-5-10(11)15/h4-6,17H,3H2,1-2H3. The van der Waals surface area contributed by atoms with Gasteiger partial charge < -0.3 is 10.1 Å². The van der Waals surface area contributed by atoms with Crippen LogP contribution >= 0.6 is 23.1 Å². The van der Waals surface area contributed by atoms with Gasteiger partial charge in [0.1, 0.15) is 10.6 Å². The van der Waals surface area contributed by atoms with E-state index >= 15 is 0 Å². The fraction of sp³-hybridized carbons (Fsp3) is 0.214. The number of carbonyl (C=O) groups excluding carboxylic acids is 1. The summed E-state index contributed by atoms with van der Waals surface area (Å²) in [6, 6.07) is 6.91. The van der Waals surface area contributed by atoms with E-state index in [4.69, 9.17) is 21.6 Å². The van der Waals surface area contributed by atoms with Crippen molar-refractivity contribution in [3.63, 3.8) is 0 Å². The fourth-order valence-corrected chi connectivity index (χ4v) is 2.67. The summed E-state index contributed by atoms with van der Waals surface area (Å²) in [6.07, 6.45) is 0. The summed E-state index contributed by atoms with van der Waals surface area (Å²) in [6.45, 7) is 3.77. The molecule has 0 saturated carbocycles. The minimum atomic E-state index is -0.432. The largest absolute Gasteiger partial charge is 0.462 e. The highest BCUT2D eigenvalue weighted by molar-refractivity contribution is 7.10. The van der Waals surface area contributed by atoms with Gasteiger partial charge in [-0.25, -0.2) is 4.79 Å². The predicted octanol–water partition coefficient (Wildman–Crippen LogP) is 3.90. The molecule has 2 rings (SSSR count). The first-order chi connectivity index (χ1) is 10.1. The predicted molar refractivity (Wildman–Crippen MR) is 82.3 cm³/mol. The number of nitrogens with zero attached hydrogens (tertiary/aromatic N) is 2. The number of anilines is 2. The van der Waals surface area contributed by atoms with Crippen LogP contribution in [0.4, 0.5) is 10.7 Å². The second kappa shape index (κ2) is 6.57. The van der Waals surface area contributed by atoms with E-state index < -0.39 is 5.97 Å². The molecular formula is C14H12ClN3O2S. The maximum absolute atomic E-state index is 12.0. The van der Waals surface area contributed by atoms with Crippen molar-refractivity contribution in [3.05, 3.63) is 40.0 Å². The Hall–Kier alpha value is -2.10. The van der Waals surface area contributed by atoms with E-state index in [1.54, 1.807) is 32.0 Å². The maximum Gasteiger partial charge on any atom is 0.343 e. The number of rotatable bonds is 4. The van der Waals surface area contributed by atoms with Crippen molar-refractivity contribution in [3.8, 4) is 6.07 Å². The molecule has 0 atom stereocenters. The molecule has 0 amide bonds. The number of aryl methyl sites for hydroxylation is 1. The number of nitriles is 1. The second-order valence-corrected chi connectivity index (χ2v) is 5.30. The highest BCUT2D eigenvalue weighted by Crippen LogP contribution is 2.32. The van der Waals surface area contributed by atoms with Crippen molar-refractivity contribution in [1.29, 1.82) is 5.26 Å². The van der Waals surface area contributed by atoms with Crippen LogP contribution in [0.5, 0.6) is 0 Å². The average molecular weight is 322 g/mol. The monoisotopic (exact) mass is 321 g/mol. The normalized spacial score (nSPS) is 10.0. The average Bonchev–Trinajstić information content (AvgIpc) is 2.82. The smallest absolute Gasteiger partial charge is 0.343 e. The number of esters is 1. The summed E-state index contributed by atoms with van der Waals surface area (Å²) in [5.41, 5.74) is 2.00. The van der Waals surface area contributed by atoms with Gasteiger partial charge in [0.05, 0.1) is 34.6 Å². The molecule has 5 nitrogen and oxygen atoms in total. The summed E-state index contributed by atoms with van der Waals surface area (Å²) in [4.78, 5) is 12.0.